The van der Waals surface area contributed by atoms with Crippen LogP contribution in [0.3, 0.4) is 0 Å². The number of thioether (sulfide) groups is 1. The van der Waals surface area contributed by atoms with Gasteiger partial charge in [-0.3, -0.25) is 0 Å². The lowest BCUT2D eigenvalue weighted by atomic mass is 10.4. The highest BCUT2D eigenvalue weighted by Crippen LogP contribution is 2.05. The van der Waals surface area contributed by atoms with Gasteiger partial charge in [0, 0.05) is 18.9 Å². The Morgan fingerprint density at radius 2 is 2.27 bits per heavy atom. The second kappa shape index (κ2) is 7.48. The quantitative estimate of drug-likeness (QED) is 0.553. The van der Waals surface area contributed by atoms with Crippen molar-refractivity contribution in [2.24, 2.45) is 0 Å². The minimum absolute atomic E-state index is 0.242. The van der Waals surface area contributed by atoms with E-state index >= 15 is 0 Å². The van der Waals surface area contributed by atoms with Gasteiger partial charge in [-0.15, -0.1) is 0 Å². The molecule has 0 unspecified atom stereocenters. The summed E-state index contributed by atoms with van der Waals surface area (Å²) in [4.78, 5) is 3.68. The van der Waals surface area contributed by atoms with Crippen LogP contribution < -0.4 is 5.32 Å². The zero-order valence-corrected chi connectivity index (χ0v) is 9.26. The van der Waals surface area contributed by atoms with Crippen LogP contribution in [0.15, 0.2) is 18.2 Å². The topological polar surface area (TPSA) is 45.1 Å². The first kappa shape index (κ1) is 12.3. The van der Waals surface area contributed by atoms with E-state index in [4.69, 9.17) is 5.11 Å². The van der Waals surface area contributed by atoms with E-state index in [-0.39, 0.29) is 6.61 Å². The molecule has 84 valence electrons. The number of hydrogen-bond acceptors (Lipinski definition) is 4. The first-order valence-electron chi connectivity index (χ1n) is 4.88. The smallest absolute Gasteiger partial charge is 0.214 e. The molecule has 3 nitrogen and oxygen atoms in total. The van der Waals surface area contributed by atoms with Gasteiger partial charge in [0.2, 0.25) is 5.95 Å². The molecule has 0 saturated carbocycles. The van der Waals surface area contributed by atoms with Crippen molar-refractivity contribution in [3.8, 4) is 0 Å². The highest BCUT2D eigenvalue weighted by Gasteiger charge is 1.95. The van der Waals surface area contributed by atoms with E-state index in [0.29, 0.717) is 5.82 Å². The van der Waals surface area contributed by atoms with Gasteiger partial charge in [0.25, 0.3) is 0 Å². The third kappa shape index (κ3) is 5.59. The molecule has 1 aromatic rings. The number of pyridine rings is 1. The predicted molar refractivity (Wildman–Crippen MR) is 61.7 cm³/mol. The fourth-order valence-corrected chi connectivity index (χ4v) is 1.81. The van der Waals surface area contributed by atoms with Gasteiger partial charge in [0.15, 0.2) is 0 Å². The summed E-state index contributed by atoms with van der Waals surface area (Å²) in [5.74, 6) is 1.98. The normalized spacial score (nSPS) is 10.3. The number of rotatable bonds is 7. The lowest BCUT2D eigenvalue weighted by Gasteiger charge is -2.04. The van der Waals surface area contributed by atoms with Crippen LogP contribution >= 0.6 is 11.8 Å². The summed E-state index contributed by atoms with van der Waals surface area (Å²) >= 11 is 1.76. The van der Waals surface area contributed by atoms with Crippen molar-refractivity contribution < 1.29 is 9.50 Å². The number of aliphatic hydroxyl groups excluding tert-OH is 1. The number of aliphatic hydroxyl groups is 1. The van der Waals surface area contributed by atoms with Gasteiger partial charge in [0.05, 0.1) is 0 Å². The van der Waals surface area contributed by atoms with Crippen molar-refractivity contribution in [3.05, 3.63) is 24.1 Å². The van der Waals surface area contributed by atoms with Gasteiger partial charge >= 0.3 is 0 Å². The maximum Gasteiger partial charge on any atom is 0.214 e. The lowest BCUT2D eigenvalue weighted by Crippen LogP contribution is -2.06. The Kier molecular flexibility index (Phi) is 6.11. The molecule has 0 aliphatic carbocycles. The highest BCUT2D eigenvalue weighted by atomic mass is 32.2. The molecule has 0 bridgehead atoms. The third-order valence-electron chi connectivity index (χ3n) is 1.71. The zero-order chi connectivity index (χ0) is 10.9. The minimum atomic E-state index is -0.465. The maximum atomic E-state index is 12.7. The third-order valence-corrected chi connectivity index (χ3v) is 2.78. The van der Waals surface area contributed by atoms with Crippen LogP contribution in [0.1, 0.15) is 6.42 Å². The standard InChI is InChI=1S/C10H15FN2OS/c11-9-3-1-4-10(13-9)12-5-8-15-7-2-6-14/h1,3-4,14H,2,5-8H2,(H,12,13). The van der Waals surface area contributed by atoms with E-state index in [1.807, 2.05) is 0 Å². The number of hydrogen-bond donors (Lipinski definition) is 2. The Hall–Kier alpha value is -0.810. The largest absolute Gasteiger partial charge is 0.396 e. The Morgan fingerprint density at radius 1 is 1.40 bits per heavy atom. The maximum absolute atomic E-state index is 12.7. The summed E-state index contributed by atoms with van der Waals surface area (Å²) in [7, 11) is 0. The molecule has 2 N–H and O–H groups in total. The number of anilines is 1. The summed E-state index contributed by atoms with van der Waals surface area (Å²) in [6.45, 7) is 0.998. The summed E-state index contributed by atoms with van der Waals surface area (Å²) < 4.78 is 12.7. The molecular weight excluding hydrogens is 215 g/mol. The number of aromatic nitrogens is 1. The van der Waals surface area contributed by atoms with E-state index in [9.17, 15) is 4.39 Å². The predicted octanol–water partition coefficient (Wildman–Crippen LogP) is 1.75. The summed E-state index contributed by atoms with van der Waals surface area (Å²) in [5.41, 5.74) is 0. The molecule has 0 atom stereocenters. The Labute approximate surface area is 93.1 Å². The molecule has 5 heteroatoms. The van der Waals surface area contributed by atoms with E-state index in [1.54, 1.807) is 23.9 Å². The monoisotopic (exact) mass is 230 g/mol. The number of nitrogens with zero attached hydrogens (tertiary/aromatic N) is 1. The van der Waals surface area contributed by atoms with Gasteiger partial charge < -0.3 is 10.4 Å². The van der Waals surface area contributed by atoms with E-state index in [1.165, 1.54) is 6.07 Å². The van der Waals surface area contributed by atoms with E-state index in [0.717, 1.165) is 24.5 Å². The van der Waals surface area contributed by atoms with Crippen LogP contribution in [0.4, 0.5) is 10.2 Å². The average molecular weight is 230 g/mol. The molecule has 0 aromatic carbocycles. The molecule has 0 fully saturated rings. The zero-order valence-electron chi connectivity index (χ0n) is 8.45. The molecular formula is C10H15FN2OS. The van der Waals surface area contributed by atoms with Crippen LogP contribution in [0.25, 0.3) is 0 Å². The van der Waals surface area contributed by atoms with Crippen LogP contribution in [-0.4, -0.2) is 34.7 Å². The van der Waals surface area contributed by atoms with Crippen LogP contribution in [0.2, 0.25) is 0 Å². The summed E-state index contributed by atoms with van der Waals surface area (Å²) in [6.07, 6.45) is 0.822. The second-order valence-corrected chi connectivity index (χ2v) is 4.19. The molecule has 1 rings (SSSR count). The van der Waals surface area contributed by atoms with Crippen molar-refractivity contribution in [1.29, 1.82) is 0 Å². The van der Waals surface area contributed by atoms with Gasteiger partial charge in [-0.1, -0.05) is 6.07 Å². The summed E-state index contributed by atoms with van der Waals surface area (Å²) in [5, 5.41) is 11.6. The lowest BCUT2D eigenvalue weighted by molar-refractivity contribution is 0.296. The molecule has 1 heterocycles. The van der Waals surface area contributed by atoms with Gasteiger partial charge in [-0.2, -0.15) is 16.2 Å². The molecule has 0 aliphatic heterocycles. The van der Waals surface area contributed by atoms with Crippen molar-refractivity contribution in [2.75, 3.05) is 30.0 Å². The van der Waals surface area contributed by atoms with Crippen LogP contribution in [0.5, 0.6) is 0 Å². The van der Waals surface area contributed by atoms with Crippen LogP contribution in [-0.2, 0) is 0 Å². The molecule has 0 amide bonds. The SMILES string of the molecule is OCCCSCCNc1cccc(F)n1. The Balaban J connectivity index is 2.10. The fraction of sp³-hybridized carbons (Fsp3) is 0.500. The second-order valence-electron chi connectivity index (χ2n) is 2.96. The van der Waals surface area contributed by atoms with Crippen LogP contribution in [0, 0.1) is 5.95 Å². The number of halogens is 1. The molecule has 0 aliphatic rings. The van der Waals surface area contributed by atoms with E-state index < -0.39 is 5.95 Å². The number of nitrogens with one attached hydrogen (secondary N) is 1. The van der Waals surface area contributed by atoms with Gasteiger partial charge in [-0.25, -0.2) is 4.98 Å². The molecule has 0 spiro atoms. The average Bonchev–Trinajstić information content (AvgIpc) is 2.23. The van der Waals surface area contributed by atoms with Crippen molar-refractivity contribution in [1.82, 2.24) is 4.98 Å². The molecule has 15 heavy (non-hydrogen) atoms. The van der Waals surface area contributed by atoms with Crippen molar-refractivity contribution in [2.45, 2.75) is 6.42 Å². The molecule has 0 saturated heterocycles. The van der Waals surface area contributed by atoms with Gasteiger partial charge in [0.1, 0.15) is 5.82 Å². The molecule has 1 aromatic heterocycles. The minimum Gasteiger partial charge on any atom is -0.396 e. The van der Waals surface area contributed by atoms with E-state index in [2.05, 4.69) is 10.3 Å². The fourth-order valence-electron chi connectivity index (χ4n) is 1.03. The Bertz CT molecular complexity index is 286. The van der Waals surface area contributed by atoms with Crippen molar-refractivity contribution >= 4 is 17.6 Å². The first-order chi connectivity index (χ1) is 7.33. The highest BCUT2D eigenvalue weighted by molar-refractivity contribution is 7.99. The Morgan fingerprint density at radius 3 is 3.00 bits per heavy atom. The van der Waals surface area contributed by atoms with Crippen molar-refractivity contribution in [3.63, 3.8) is 0 Å². The first-order valence-corrected chi connectivity index (χ1v) is 6.03. The molecule has 0 radical (unpaired) electrons. The van der Waals surface area contributed by atoms with Gasteiger partial charge in [-0.05, 0) is 24.3 Å². The summed E-state index contributed by atoms with van der Waals surface area (Å²) in [6, 6.07) is 4.69.